The number of aromatic nitrogens is 2. The maximum atomic E-state index is 12.8. The van der Waals surface area contributed by atoms with Crippen LogP contribution in [-0.2, 0) is 11.2 Å². The fraction of sp³-hybridized carbons (Fsp3) is 0.421. The summed E-state index contributed by atoms with van der Waals surface area (Å²) in [7, 11) is 0. The maximum absolute atomic E-state index is 12.8. The average molecular weight is 341 g/mol. The van der Waals surface area contributed by atoms with Crippen LogP contribution in [0.2, 0.25) is 0 Å². The molecule has 1 amide bonds. The molecule has 0 bridgehead atoms. The molecule has 1 fully saturated rings. The van der Waals surface area contributed by atoms with E-state index in [1.807, 2.05) is 36.1 Å². The molecule has 0 radical (unpaired) electrons. The van der Waals surface area contributed by atoms with E-state index in [1.165, 1.54) is 6.07 Å². The van der Waals surface area contributed by atoms with Crippen LogP contribution < -0.4 is 10.3 Å². The molecule has 6 heteroatoms. The summed E-state index contributed by atoms with van der Waals surface area (Å²) >= 11 is 0. The third-order valence-electron chi connectivity index (χ3n) is 4.37. The normalized spacial score (nSPS) is 16.9. The number of nitrogens with zero attached hydrogens (tertiary/aromatic N) is 2. The molecule has 6 nitrogen and oxygen atoms in total. The van der Waals surface area contributed by atoms with E-state index in [0.717, 1.165) is 24.2 Å². The Bertz CT molecular complexity index is 798. The maximum Gasteiger partial charge on any atom is 0.251 e. The van der Waals surface area contributed by atoms with Gasteiger partial charge in [0.25, 0.3) is 5.56 Å². The van der Waals surface area contributed by atoms with Crippen molar-refractivity contribution in [2.45, 2.75) is 39.2 Å². The van der Waals surface area contributed by atoms with Crippen LogP contribution in [0.4, 0.5) is 0 Å². The van der Waals surface area contributed by atoms with Crippen LogP contribution in [0.15, 0.2) is 35.1 Å². The van der Waals surface area contributed by atoms with Crippen molar-refractivity contribution in [2.75, 3.05) is 13.2 Å². The lowest BCUT2D eigenvalue weighted by atomic mass is 10.1. The molecule has 1 aromatic carbocycles. The van der Waals surface area contributed by atoms with Crippen LogP contribution in [-0.4, -0.2) is 33.9 Å². The minimum Gasteiger partial charge on any atom is -0.494 e. The minimum atomic E-state index is -0.173. The number of nitrogens with one attached hydrogen (secondary N) is 1. The zero-order valence-electron chi connectivity index (χ0n) is 14.6. The van der Waals surface area contributed by atoms with Crippen molar-refractivity contribution in [2.24, 2.45) is 0 Å². The number of hydrogen-bond acceptors (Lipinski definition) is 4. The second-order valence-corrected chi connectivity index (χ2v) is 6.27. The number of likely N-dealkylation sites (tertiary alicyclic amines) is 1. The number of aryl methyl sites for hydroxylation is 1. The van der Waals surface area contributed by atoms with Crippen LogP contribution in [0.5, 0.6) is 5.75 Å². The monoisotopic (exact) mass is 341 g/mol. The molecule has 1 saturated heterocycles. The van der Waals surface area contributed by atoms with Gasteiger partial charge in [0.15, 0.2) is 0 Å². The van der Waals surface area contributed by atoms with E-state index in [-0.39, 0.29) is 17.5 Å². The lowest BCUT2D eigenvalue weighted by Crippen LogP contribution is -2.33. The van der Waals surface area contributed by atoms with Crippen molar-refractivity contribution in [1.29, 1.82) is 0 Å². The summed E-state index contributed by atoms with van der Waals surface area (Å²) in [6.45, 7) is 5.04. The van der Waals surface area contributed by atoms with Gasteiger partial charge in [-0.25, -0.2) is 4.98 Å². The summed E-state index contributed by atoms with van der Waals surface area (Å²) in [6, 6.07) is 8.91. The molecule has 0 spiro atoms. The first-order chi connectivity index (χ1) is 12.1. The minimum absolute atomic E-state index is 0.0517. The van der Waals surface area contributed by atoms with Crippen LogP contribution >= 0.6 is 0 Å². The Morgan fingerprint density at radius 2 is 2.12 bits per heavy atom. The summed E-state index contributed by atoms with van der Waals surface area (Å²) < 4.78 is 5.43. The molecule has 0 saturated carbocycles. The number of aromatic amines is 1. The fourth-order valence-electron chi connectivity index (χ4n) is 3.26. The molecule has 3 rings (SSSR count). The van der Waals surface area contributed by atoms with Gasteiger partial charge in [0.2, 0.25) is 5.91 Å². The van der Waals surface area contributed by atoms with E-state index in [2.05, 4.69) is 9.97 Å². The third-order valence-corrected chi connectivity index (χ3v) is 4.37. The van der Waals surface area contributed by atoms with Crippen molar-refractivity contribution < 1.29 is 9.53 Å². The van der Waals surface area contributed by atoms with E-state index in [9.17, 15) is 9.59 Å². The molecule has 1 atom stereocenters. The Morgan fingerprint density at radius 1 is 1.36 bits per heavy atom. The molecule has 132 valence electrons. The highest BCUT2D eigenvalue weighted by molar-refractivity contribution is 5.79. The first kappa shape index (κ1) is 17.2. The number of H-pyrrole nitrogens is 1. The molecule has 2 aromatic rings. The molecule has 2 heterocycles. The number of ether oxygens (including phenoxy) is 1. The SMILES string of the molecule is CCOc1ccc(CC(=O)N2CCC[C@@H]2c2nc(C)cc(=O)[nH]2)cc1. The number of carbonyl (C=O) groups is 1. The standard InChI is InChI=1S/C19H23N3O3/c1-3-25-15-8-6-14(7-9-15)12-18(24)22-10-4-5-16(22)19-20-13(2)11-17(23)21-19/h6-9,11,16H,3-5,10,12H2,1-2H3,(H,20,21,23)/t16-/m1/s1. The Hall–Kier alpha value is -2.63. The second-order valence-electron chi connectivity index (χ2n) is 6.27. The Morgan fingerprint density at radius 3 is 2.80 bits per heavy atom. The average Bonchev–Trinajstić information content (AvgIpc) is 3.06. The van der Waals surface area contributed by atoms with Crippen molar-refractivity contribution >= 4 is 5.91 Å². The predicted octanol–water partition coefficient (Wildman–Crippen LogP) is 2.38. The van der Waals surface area contributed by atoms with Gasteiger partial charge in [-0.15, -0.1) is 0 Å². The predicted molar refractivity (Wildman–Crippen MR) is 94.6 cm³/mol. The highest BCUT2D eigenvalue weighted by atomic mass is 16.5. The molecule has 0 unspecified atom stereocenters. The first-order valence-corrected chi connectivity index (χ1v) is 8.66. The zero-order chi connectivity index (χ0) is 17.8. The van der Waals surface area contributed by atoms with Gasteiger partial charge in [0.1, 0.15) is 11.6 Å². The largest absolute Gasteiger partial charge is 0.494 e. The van der Waals surface area contributed by atoms with Gasteiger partial charge in [-0.3, -0.25) is 9.59 Å². The van der Waals surface area contributed by atoms with Crippen molar-refractivity contribution in [3.63, 3.8) is 0 Å². The second kappa shape index (κ2) is 7.51. The summed E-state index contributed by atoms with van der Waals surface area (Å²) in [4.78, 5) is 33.5. The molecular weight excluding hydrogens is 318 g/mol. The molecular formula is C19H23N3O3. The van der Waals surface area contributed by atoms with E-state index in [0.29, 0.717) is 31.1 Å². The van der Waals surface area contributed by atoms with Crippen LogP contribution in [0.25, 0.3) is 0 Å². The van der Waals surface area contributed by atoms with Gasteiger partial charge in [0.05, 0.1) is 19.1 Å². The number of benzene rings is 1. The highest BCUT2D eigenvalue weighted by Gasteiger charge is 2.31. The summed E-state index contributed by atoms with van der Waals surface area (Å²) in [5, 5.41) is 0. The van der Waals surface area contributed by atoms with Crippen molar-refractivity contribution in [3.8, 4) is 5.75 Å². The number of carbonyl (C=O) groups excluding carboxylic acids is 1. The van der Waals surface area contributed by atoms with Gasteiger partial charge in [-0.1, -0.05) is 12.1 Å². The number of amides is 1. The van der Waals surface area contributed by atoms with Crippen LogP contribution in [0, 0.1) is 6.92 Å². The lowest BCUT2D eigenvalue weighted by Gasteiger charge is -2.24. The van der Waals surface area contributed by atoms with Gasteiger partial charge in [-0.2, -0.15) is 0 Å². The molecule has 1 aliphatic rings. The van der Waals surface area contributed by atoms with E-state index in [4.69, 9.17) is 4.74 Å². The lowest BCUT2D eigenvalue weighted by molar-refractivity contribution is -0.131. The topological polar surface area (TPSA) is 75.3 Å². The molecule has 1 N–H and O–H groups in total. The fourth-order valence-corrected chi connectivity index (χ4v) is 3.26. The van der Waals surface area contributed by atoms with Gasteiger partial charge >= 0.3 is 0 Å². The van der Waals surface area contributed by atoms with Crippen LogP contribution in [0.1, 0.15) is 42.9 Å². The van der Waals surface area contributed by atoms with E-state index in [1.54, 1.807) is 6.92 Å². The molecule has 1 aliphatic heterocycles. The summed E-state index contributed by atoms with van der Waals surface area (Å²) in [6.07, 6.45) is 2.07. The Labute approximate surface area is 146 Å². The van der Waals surface area contributed by atoms with Crippen molar-refractivity contribution in [1.82, 2.24) is 14.9 Å². The van der Waals surface area contributed by atoms with E-state index < -0.39 is 0 Å². The third kappa shape index (κ3) is 4.07. The van der Waals surface area contributed by atoms with Gasteiger partial charge in [-0.05, 0) is 44.4 Å². The van der Waals surface area contributed by atoms with E-state index >= 15 is 0 Å². The number of hydrogen-bond donors (Lipinski definition) is 1. The molecule has 25 heavy (non-hydrogen) atoms. The quantitative estimate of drug-likeness (QED) is 0.906. The van der Waals surface area contributed by atoms with Crippen molar-refractivity contribution in [3.05, 3.63) is 57.8 Å². The summed E-state index contributed by atoms with van der Waals surface area (Å²) in [5.41, 5.74) is 1.45. The first-order valence-electron chi connectivity index (χ1n) is 8.66. The Kier molecular flexibility index (Phi) is 5.16. The zero-order valence-corrected chi connectivity index (χ0v) is 14.6. The van der Waals surface area contributed by atoms with Gasteiger partial charge in [0, 0.05) is 18.3 Å². The smallest absolute Gasteiger partial charge is 0.251 e. The highest BCUT2D eigenvalue weighted by Crippen LogP contribution is 2.30. The molecule has 1 aromatic heterocycles. The number of rotatable bonds is 5. The Balaban J connectivity index is 1.73. The van der Waals surface area contributed by atoms with Gasteiger partial charge < -0.3 is 14.6 Å². The summed E-state index contributed by atoms with van der Waals surface area (Å²) in [5.74, 6) is 1.44. The molecule has 0 aliphatic carbocycles. The van der Waals surface area contributed by atoms with Crippen LogP contribution in [0.3, 0.4) is 0 Å².